The molecule has 1 N–H and O–H groups in total. The van der Waals surface area contributed by atoms with Gasteiger partial charge in [0.1, 0.15) is 34.8 Å². The van der Waals surface area contributed by atoms with Crippen molar-refractivity contribution in [3.8, 4) is 28.5 Å². The summed E-state index contributed by atoms with van der Waals surface area (Å²) in [6.45, 7) is 1.18. The molecule has 2 aromatic carbocycles. The summed E-state index contributed by atoms with van der Waals surface area (Å²) in [6.07, 6.45) is -9.35. The van der Waals surface area contributed by atoms with Gasteiger partial charge in [-0.1, -0.05) is 17.7 Å². The van der Waals surface area contributed by atoms with Crippen molar-refractivity contribution in [3.05, 3.63) is 63.5 Å². The lowest BCUT2D eigenvalue weighted by atomic mass is 9.84. The minimum absolute atomic E-state index is 0.00176. The lowest BCUT2D eigenvalue weighted by Crippen LogP contribution is -2.39. The third-order valence-corrected chi connectivity index (χ3v) is 7.40. The fourth-order valence-corrected chi connectivity index (χ4v) is 4.07. The van der Waals surface area contributed by atoms with Crippen molar-refractivity contribution < 1.29 is 35.9 Å². The van der Waals surface area contributed by atoms with Crippen molar-refractivity contribution in [2.45, 2.75) is 51.9 Å². The Balaban J connectivity index is 1.52. The normalized spacial score (nSPS) is 15.1. The number of hydrogen-bond acceptors (Lipinski definition) is 5. The number of alkyl halides is 6. The Hall–Kier alpha value is -3.41. The minimum atomic E-state index is -4.68. The highest BCUT2D eigenvalue weighted by Gasteiger charge is 2.63. The summed E-state index contributed by atoms with van der Waals surface area (Å²) in [5.74, 6) is -0.719. The molecule has 0 aliphatic heterocycles. The highest BCUT2D eigenvalue weighted by atomic mass is 35.5. The van der Waals surface area contributed by atoms with Crippen LogP contribution in [0.15, 0.2) is 47.3 Å². The van der Waals surface area contributed by atoms with Crippen molar-refractivity contribution in [1.82, 2.24) is 15.0 Å². The monoisotopic (exact) mass is 587 g/mol. The molecule has 4 rings (SSSR count). The first-order valence-corrected chi connectivity index (χ1v) is 12.6. The number of rotatable bonds is 9. The second-order valence-corrected chi connectivity index (χ2v) is 10.7. The molecule has 0 unspecified atom stereocenters. The van der Waals surface area contributed by atoms with Crippen LogP contribution < -0.4 is 10.4 Å². The first-order chi connectivity index (χ1) is 18.5. The van der Waals surface area contributed by atoms with Crippen LogP contribution in [0.4, 0.5) is 26.3 Å². The molecule has 1 saturated carbocycles. The first-order valence-electron chi connectivity index (χ1n) is 12.2. The Labute approximate surface area is 229 Å². The number of Topliss-reactive ketones (excluding diaryl/α,β-unsaturated/α-hetero) is 1. The Kier molecular flexibility index (Phi) is 7.78. The van der Waals surface area contributed by atoms with Gasteiger partial charge in [-0.3, -0.25) is 9.78 Å². The van der Waals surface area contributed by atoms with Gasteiger partial charge in [0.15, 0.2) is 5.82 Å². The predicted molar refractivity (Wildman–Crippen MR) is 135 cm³/mol. The van der Waals surface area contributed by atoms with E-state index in [0.29, 0.717) is 11.1 Å². The molecule has 0 atom stereocenters. The Morgan fingerprint density at radius 2 is 1.68 bits per heavy atom. The number of nitrogens with one attached hydrogen (secondary N) is 1. The molecule has 1 heterocycles. The third-order valence-electron chi connectivity index (χ3n) is 7.07. The van der Waals surface area contributed by atoms with E-state index in [4.69, 9.17) is 16.3 Å². The van der Waals surface area contributed by atoms with Gasteiger partial charge in [-0.05, 0) is 75.1 Å². The third kappa shape index (κ3) is 6.16. The number of carbonyl (C=O) groups excluding carboxylic acids is 1. The van der Waals surface area contributed by atoms with Gasteiger partial charge in [-0.2, -0.15) is 31.3 Å². The second-order valence-electron chi connectivity index (χ2n) is 10.3. The molecule has 6 nitrogen and oxygen atoms in total. The van der Waals surface area contributed by atoms with Crippen LogP contribution in [0.25, 0.3) is 22.8 Å². The fourth-order valence-electron chi connectivity index (χ4n) is 3.86. The maximum absolute atomic E-state index is 13.2. The van der Waals surface area contributed by atoms with Gasteiger partial charge in [-0.15, -0.1) is 0 Å². The first kappa shape index (κ1) is 29.6. The van der Waals surface area contributed by atoms with Gasteiger partial charge in [0.2, 0.25) is 0 Å². The van der Waals surface area contributed by atoms with Crippen LogP contribution in [-0.2, 0) is 11.2 Å². The zero-order valence-corrected chi connectivity index (χ0v) is 22.1. The molecule has 40 heavy (non-hydrogen) atoms. The zero-order chi connectivity index (χ0) is 29.5. The van der Waals surface area contributed by atoms with E-state index >= 15 is 0 Å². The molecular weight excluding hydrogens is 564 g/mol. The Morgan fingerprint density at radius 1 is 1.02 bits per heavy atom. The van der Waals surface area contributed by atoms with E-state index in [9.17, 15) is 35.9 Å². The smallest absolute Gasteiger partial charge is 0.400 e. The predicted octanol–water partition coefficient (Wildman–Crippen LogP) is 6.96. The summed E-state index contributed by atoms with van der Waals surface area (Å²) in [6, 6.07) is 10.4. The number of ketones is 1. The van der Waals surface area contributed by atoms with Crippen molar-refractivity contribution in [2.24, 2.45) is 10.8 Å². The van der Waals surface area contributed by atoms with Crippen LogP contribution in [0, 0.1) is 10.8 Å². The van der Waals surface area contributed by atoms with Crippen LogP contribution in [0.2, 0.25) is 5.02 Å². The molecule has 1 aliphatic carbocycles. The van der Waals surface area contributed by atoms with Crippen LogP contribution in [-0.4, -0.2) is 39.7 Å². The summed E-state index contributed by atoms with van der Waals surface area (Å²) in [5, 5.41) is 0.188. The molecule has 1 fully saturated rings. The molecule has 0 amide bonds. The van der Waals surface area contributed by atoms with E-state index in [-0.39, 0.29) is 53.7 Å². The highest BCUT2D eigenvalue weighted by Crippen LogP contribution is 2.57. The average molecular weight is 588 g/mol. The fraction of sp³-hybridized carbons (Fsp3) is 0.407. The quantitative estimate of drug-likeness (QED) is 0.274. The number of H-pyrrole nitrogens is 1. The number of aromatic nitrogens is 3. The lowest BCUT2D eigenvalue weighted by molar-refractivity contribution is -0.210. The Morgan fingerprint density at radius 3 is 2.25 bits per heavy atom. The molecule has 0 radical (unpaired) electrons. The van der Waals surface area contributed by atoms with E-state index in [0.717, 1.165) is 13.8 Å². The largest absolute Gasteiger partial charge is 0.493 e. The van der Waals surface area contributed by atoms with Gasteiger partial charge in [0, 0.05) is 17.5 Å². The number of ether oxygens (including phenoxy) is 1. The summed E-state index contributed by atoms with van der Waals surface area (Å²) < 4.78 is 84.3. The number of hydrogen-bond donors (Lipinski definition) is 1. The number of nitrogens with zero attached hydrogens (tertiary/aromatic N) is 2. The zero-order valence-electron chi connectivity index (χ0n) is 21.3. The molecule has 0 spiro atoms. The molecule has 1 aliphatic rings. The summed E-state index contributed by atoms with van der Waals surface area (Å²) in [4.78, 5) is 35.2. The van der Waals surface area contributed by atoms with Crippen molar-refractivity contribution >= 4 is 17.4 Å². The van der Waals surface area contributed by atoms with E-state index in [1.165, 1.54) is 36.4 Å². The van der Waals surface area contributed by atoms with Crippen molar-refractivity contribution in [3.63, 3.8) is 0 Å². The van der Waals surface area contributed by atoms with Crippen LogP contribution in [0.5, 0.6) is 5.75 Å². The standard InChI is InChI=1S/C27H24ClF6N3O3/c1-24(2,26(29,30)31)20(38)10-4-15-3-9-19(28)18(13-15)22-35-21(36-23(39)37-22)16-5-7-17(8-6-16)40-14-25(11-12-25)27(32,33)34/h3,5-9,13H,4,10-12,14H2,1-2H3,(H,35,36,37,39). The van der Waals surface area contributed by atoms with Crippen LogP contribution in [0.3, 0.4) is 0 Å². The SMILES string of the molecule is CC(C)(C(=O)CCc1ccc(Cl)c(-c2nc(-c3ccc(OCC4(C(F)(F)F)CC4)cc3)nc(=O)[nH]2)c1)C(F)(F)F. The molecule has 214 valence electrons. The van der Waals surface area contributed by atoms with Gasteiger partial charge in [-0.25, -0.2) is 9.78 Å². The number of benzene rings is 2. The van der Waals surface area contributed by atoms with E-state index in [1.807, 2.05) is 0 Å². The molecule has 0 saturated heterocycles. The number of aryl methyl sites for hydroxylation is 1. The number of halogens is 7. The molecule has 3 aromatic rings. The Bertz CT molecular complexity index is 1460. The van der Waals surface area contributed by atoms with Crippen molar-refractivity contribution in [2.75, 3.05) is 6.61 Å². The van der Waals surface area contributed by atoms with Crippen molar-refractivity contribution in [1.29, 1.82) is 0 Å². The number of aromatic amines is 1. The van der Waals surface area contributed by atoms with Gasteiger partial charge < -0.3 is 4.74 Å². The molecule has 13 heteroatoms. The summed E-state index contributed by atoms with van der Waals surface area (Å²) in [5.41, 5.74) is -3.92. The van der Waals surface area contributed by atoms with Gasteiger partial charge in [0.05, 0.1) is 5.02 Å². The number of carbonyl (C=O) groups is 1. The maximum atomic E-state index is 13.2. The highest BCUT2D eigenvalue weighted by molar-refractivity contribution is 6.33. The lowest BCUT2D eigenvalue weighted by Gasteiger charge is -2.26. The topological polar surface area (TPSA) is 84.9 Å². The summed E-state index contributed by atoms with van der Waals surface area (Å²) >= 11 is 6.31. The van der Waals surface area contributed by atoms with E-state index in [1.54, 1.807) is 6.07 Å². The molecule has 1 aromatic heterocycles. The van der Waals surface area contributed by atoms with Crippen LogP contribution >= 0.6 is 11.6 Å². The minimum Gasteiger partial charge on any atom is -0.493 e. The van der Waals surface area contributed by atoms with Gasteiger partial charge >= 0.3 is 18.0 Å². The van der Waals surface area contributed by atoms with Crippen LogP contribution in [0.1, 0.15) is 38.7 Å². The maximum Gasteiger partial charge on any atom is 0.400 e. The van der Waals surface area contributed by atoms with E-state index in [2.05, 4.69) is 15.0 Å². The molecular formula is C27H24ClF6N3O3. The molecule has 0 bridgehead atoms. The van der Waals surface area contributed by atoms with E-state index < -0.39 is 41.3 Å². The summed E-state index contributed by atoms with van der Waals surface area (Å²) in [7, 11) is 0. The average Bonchev–Trinajstić information content (AvgIpc) is 3.67. The second kappa shape index (κ2) is 10.5. The van der Waals surface area contributed by atoms with Gasteiger partial charge in [0.25, 0.3) is 0 Å².